The van der Waals surface area contributed by atoms with E-state index in [1.807, 2.05) is 6.92 Å². The molecule has 0 aliphatic carbocycles. The van der Waals surface area contributed by atoms with Crippen molar-refractivity contribution in [2.45, 2.75) is 13.3 Å². The minimum Gasteiger partial charge on any atom is -0.399 e. The molecule has 0 bridgehead atoms. The molecule has 0 atom stereocenters. The Morgan fingerprint density at radius 2 is 1.90 bits per heavy atom. The smallest absolute Gasteiger partial charge is 0.258 e. The third-order valence-electron chi connectivity index (χ3n) is 3.04. The molecule has 0 unspecified atom stereocenters. The van der Waals surface area contributed by atoms with Gasteiger partial charge in [0.1, 0.15) is 0 Å². The fraction of sp³-hybridized carbons (Fsp3) is 0.188. The fourth-order valence-electron chi connectivity index (χ4n) is 2.05. The van der Waals surface area contributed by atoms with Crippen molar-refractivity contribution in [2.75, 3.05) is 17.2 Å². The highest BCUT2D eigenvalue weighted by molar-refractivity contribution is 6.06. The van der Waals surface area contributed by atoms with Crippen LogP contribution in [0.15, 0.2) is 42.5 Å². The standard InChI is InChI=1S/C16H16F2N2O/c1-2-8-20(13-5-3-4-12(19)10-13)16(21)11-6-7-14(17)15(18)9-11/h3-7,9-10H,2,8,19H2,1H3. The van der Waals surface area contributed by atoms with E-state index in [2.05, 4.69) is 0 Å². The number of anilines is 2. The first kappa shape index (κ1) is 15.0. The lowest BCUT2D eigenvalue weighted by Gasteiger charge is -2.22. The van der Waals surface area contributed by atoms with E-state index in [-0.39, 0.29) is 11.5 Å². The van der Waals surface area contributed by atoms with Crippen molar-refractivity contribution in [1.82, 2.24) is 0 Å². The molecule has 0 saturated heterocycles. The molecule has 0 aromatic heterocycles. The van der Waals surface area contributed by atoms with E-state index in [1.54, 1.807) is 24.3 Å². The molecular weight excluding hydrogens is 274 g/mol. The lowest BCUT2D eigenvalue weighted by molar-refractivity contribution is 0.0986. The van der Waals surface area contributed by atoms with Crippen LogP contribution in [0.25, 0.3) is 0 Å². The Hall–Kier alpha value is -2.43. The largest absolute Gasteiger partial charge is 0.399 e. The van der Waals surface area contributed by atoms with Crippen LogP contribution in [0, 0.1) is 11.6 Å². The van der Waals surface area contributed by atoms with Crippen LogP contribution in [-0.2, 0) is 0 Å². The molecular formula is C16H16F2N2O. The Morgan fingerprint density at radius 1 is 1.14 bits per heavy atom. The second kappa shape index (κ2) is 6.35. The lowest BCUT2D eigenvalue weighted by Crippen LogP contribution is -2.31. The van der Waals surface area contributed by atoms with Crippen molar-refractivity contribution < 1.29 is 13.6 Å². The molecule has 0 saturated carbocycles. The summed E-state index contributed by atoms with van der Waals surface area (Å²) in [5.41, 5.74) is 6.99. The molecule has 2 aromatic carbocycles. The molecule has 5 heteroatoms. The topological polar surface area (TPSA) is 46.3 Å². The first-order chi connectivity index (χ1) is 10.0. The summed E-state index contributed by atoms with van der Waals surface area (Å²) in [6.45, 7) is 2.39. The van der Waals surface area contributed by atoms with Crippen molar-refractivity contribution in [3.05, 3.63) is 59.7 Å². The number of nitrogens with two attached hydrogens (primary N) is 1. The van der Waals surface area contributed by atoms with Crippen LogP contribution in [0.3, 0.4) is 0 Å². The molecule has 0 aliphatic rings. The quantitative estimate of drug-likeness (QED) is 0.874. The number of benzene rings is 2. The molecule has 0 radical (unpaired) electrons. The van der Waals surface area contributed by atoms with Gasteiger partial charge in [0.25, 0.3) is 5.91 Å². The highest BCUT2D eigenvalue weighted by Crippen LogP contribution is 2.21. The summed E-state index contributed by atoms with van der Waals surface area (Å²) in [5.74, 6) is -2.40. The Balaban J connectivity index is 2.37. The minimum absolute atomic E-state index is 0.102. The van der Waals surface area contributed by atoms with Gasteiger partial charge in [0.15, 0.2) is 11.6 Å². The van der Waals surface area contributed by atoms with E-state index in [4.69, 9.17) is 5.73 Å². The predicted octanol–water partition coefficient (Wildman–Crippen LogP) is 3.60. The van der Waals surface area contributed by atoms with Gasteiger partial charge in [0, 0.05) is 23.5 Å². The Bertz CT molecular complexity index is 658. The third-order valence-corrected chi connectivity index (χ3v) is 3.04. The van der Waals surface area contributed by atoms with Gasteiger partial charge >= 0.3 is 0 Å². The van der Waals surface area contributed by atoms with Crippen LogP contribution in [0.1, 0.15) is 23.7 Å². The number of carbonyl (C=O) groups excluding carboxylic acids is 1. The van der Waals surface area contributed by atoms with Crippen LogP contribution in [0.5, 0.6) is 0 Å². The normalized spacial score (nSPS) is 10.4. The van der Waals surface area contributed by atoms with E-state index >= 15 is 0 Å². The van der Waals surface area contributed by atoms with Gasteiger partial charge in [-0.05, 0) is 42.8 Å². The highest BCUT2D eigenvalue weighted by Gasteiger charge is 2.18. The first-order valence-electron chi connectivity index (χ1n) is 6.65. The average Bonchev–Trinajstić information content (AvgIpc) is 2.47. The number of nitrogen functional groups attached to an aromatic ring is 1. The zero-order valence-corrected chi connectivity index (χ0v) is 11.6. The molecule has 3 nitrogen and oxygen atoms in total. The second-order valence-corrected chi connectivity index (χ2v) is 4.68. The summed E-state index contributed by atoms with van der Waals surface area (Å²) < 4.78 is 26.3. The molecule has 110 valence electrons. The second-order valence-electron chi connectivity index (χ2n) is 4.68. The maximum atomic E-state index is 13.3. The summed E-state index contributed by atoms with van der Waals surface area (Å²) in [6.07, 6.45) is 0.726. The van der Waals surface area contributed by atoms with Gasteiger partial charge < -0.3 is 10.6 Å². The maximum absolute atomic E-state index is 13.3. The molecule has 0 spiro atoms. The van der Waals surface area contributed by atoms with Gasteiger partial charge in [-0.3, -0.25) is 4.79 Å². The van der Waals surface area contributed by atoms with Crippen LogP contribution in [0.4, 0.5) is 20.2 Å². The summed E-state index contributed by atoms with van der Waals surface area (Å²) in [6, 6.07) is 10.0. The van der Waals surface area contributed by atoms with Crippen molar-refractivity contribution in [1.29, 1.82) is 0 Å². The summed E-state index contributed by atoms with van der Waals surface area (Å²) in [4.78, 5) is 14.0. The third kappa shape index (κ3) is 3.37. The van der Waals surface area contributed by atoms with Gasteiger partial charge in [-0.1, -0.05) is 13.0 Å². The first-order valence-corrected chi connectivity index (χ1v) is 6.65. The van der Waals surface area contributed by atoms with E-state index < -0.39 is 11.6 Å². The van der Waals surface area contributed by atoms with Gasteiger partial charge in [-0.25, -0.2) is 8.78 Å². The molecule has 0 aliphatic heterocycles. The number of amides is 1. The zero-order chi connectivity index (χ0) is 15.4. The molecule has 0 fully saturated rings. The number of rotatable bonds is 4. The molecule has 21 heavy (non-hydrogen) atoms. The molecule has 2 aromatic rings. The molecule has 2 N–H and O–H groups in total. The fourth-order valence-corrected chi connectivity index (χ4v) is 2.05. The SMILES string of the molecule is CCCN(C(=O)c1ccc(F)c(F)c1)c1cccc(N)c1. The lowest BCUT2D eigenvalue weighted by atomic mass is 10.1. The van der Waals surface area contributed by atoms with Gasteiger partial charge in [0.05, 0.1) is 0 Å². The average molecular weight is 290 g/mol. The van der Waals surface area contributed by atoms with Crippen LogP contribution in [0.2, 0.25) is 0 Å². The maximum Gasteiger partial charge on any atom is 0.258 e. The molecule has 1 amide bonds. The zero-order valence-electron chi connectivity index (χ0n) is 11.6. The van der Waals surface area contributed by atoms with Crippen molar-refractivity contribution in [2.24, 2.45) is 0 Å². The Labute approximate surface area is 122 Å². The number of hydrogen-bond acceptors (Lipinski definition) is 2. The number of halogens is 2. The van der Waals surface area contributed by atoms with Crippen molar-refractivity contribution >= 4 is 17.3 Å². The molecule has 2 rings (SSSR count). The number of nitrogens with zero attached hydrogens (tertiary/aromatic N) is 1. The Kier molecular flexibility index (Phi) is 4.52. The molecule has 0 heterocycles. The number of carbonyl (C=O) groups is 1. The minimum atomic E-state index is -1.04. The van der Waals surface area contributed by atoms with Crippen molar-refractivity contribution in [3.63, 3.8) is 0 Å². The summed E-state index contributed by atoms with van der Waals surface area (Å²) in [7, 11) is 0. The van der Waals surface area contributed by atoms with Crippen LogP contribution < -0.4 is 10.6 Å². The van der Waals surface area contributed by atoms with Crippen molar-refractivity contribution in [3.8, 4) is 0 Å². The number of hydrogen-bond donors (Lipinski definition) is 1. The Morgan fingerprint density at radius 3 is 2.52 bits per heavy atom. The van der Waals surface area contributed by atoms with E-state index in [0.717, 1.165) is 18.6 Å². The highest BCUT2D eigenvalue weighted by atomic mass is 19.2. The van der Waals surface area contributed by atoms with Crippen LogP contribution in [-0.4, -0.2) is 12.5 Å². The summed E-state index contributed by atoms with van der Waals surface area (Å²) in [5, 5.41) is 0. The van der Waals surface area contributed by atoms with Crippen LogP contribution >= 0.6 is 0 Å². The van der Waals surface area contributed by atoms with E-state index in [1.165, 1.54) is 11.0 Å². The van der Waals surface area contributed by atoms with Gasteiger partial charge in [0.2, 0.25) is 0 Å². The predicted molar refractivity (Wildman–Crippen MR) is 79.2 cm³/mol. The van der Waals surface area contributed by atoms with Gasteiger partial charge in [-0.15, -0.1) is 0 Å². The summed E-state index contributed by atoms with van der Waals surface area (Å²) >= 11 is 0. The monoisotopic (exact) mass is 290 g/mol. The van der Waals surface area contributed by atoms with E-state index in [0.29, 0.717) is 17.9 Å². The van der Waals surface area contributed by atoms with Gasteiger partial charge in [-0.2, -0.15) is 0 Å². The van der Waals surface area contributed by atoms with E-state index in [9.17, 15) is 13.6 Å².